The fourth-order valence-electron chi connectivity index (χ4n) is 3.15. The van der Waals surface area contributed by atoms with E-state index in [-0.39, 0.29) is 32.7 Å². The van der Waals surface area contributed by atoms with Crippen LogP contribution in [0.25, 0.3) is 22.1 Å². The molecule has 1 saturated heterocycles. The number of H-pyrrole nitrogens is 2. The zero-order valence-corrected chi connectivity index (χ0v) is 13.4. The number of aromatic nitrogens is 5. The standard InChI is InChI=1S/C13H14N6O5S/c14-8-4-5-10(17-13(25)18-11(5)23)19(9(4)16-2-15-8)12-7(22)6(21)3(1-20)24-12/h2-3,6-7,12,20-22H,1H2,(H2,14,15,16)(H2,17,18,23,25)/t3-,6-,7-,12-/m1/s1. The van der Waals surface area contributed by atoms with Crippen molar-refractivity contribution in [3.05, 3.63) is 21.5 Å². The van der Waals surface area contributed by atoms with E-state index in [1.54, 1.807) is 0 Å². The Hall–Kier alpha value is -2.38. The number of aliphatic hydroxyl groups excluding tert-OH is 3. The summed E-state index contributed by atoms with van der Waals surface area (Å²) in [4.78, 5) is 25.7. The molecule has 132 valence electrons. The van der Waals surface area contributed by atoms with Crippen LogP contribution in [0, 0.1) is 4.77 Å². The molecule has 4 rings (SSSR count). The van der Waals surface area contributed by atoms with Crippen LogP contribution >= 0.6 is 12.2 Å². The Morgan fingerprint density at radius 2 is 2.04 bits per heavy atom. The molecule has 11 nitrogen and oxygen atoms in total. The van der Waals surface area contributed by atoms with Crippen LogP contribution in [0.1, 0.15) is 6.23 Å². The van der Waals surface area contributed by atoms with E-state index in [1.165, 1.54) is 10.9 Å². The fraction of sp³-hybridized carbons (Fsp3) is 0.385. The summed E-state index contributed by atoms with van der Waals surface area (Å²) in [6.07, 6.45) is -3.58. The number of ether oxygens (including phenoxy) is 1. The van der Waals surface area contributed by atoms with Crippen molar-refractivity contribution >= 4 is 40.1 Å². The van der Waals surface area contributed by atoms with E-state index in [1.807, 2.05) is 0 Å². The first-order valence-corrected chi connectivity index (χ1v) is 7.74. The van der Waals surface area contributed by atoms with Gasteiger partial charge >= 0.3 is 0 Å². The summed E-state index contributed by atoms with van der Waals surface area (Å²) in [7, 11) is 0. The SMILES string of the molecule is Nc1ncnc2c1c1c(=O)[nH]c(=S)[nH]c1n2[C@@H]1O[C@H](CO)[C@@H](O)[C@H]1O. The van der Waals surface area contributed by atoms with Crippen LogP contribution in [-0.2, 0) is 4.74 Å². The van der Waals surface area contributed by atoms with Crippen molar-refractivity contribution in [3.8, 4) is 0 Å². The molecule has 0 aliphatic carbocycles. The zero-order chi connectivity index (χ0) is 17.9. The Morgan fingerprint density at radius 1 is 1.28 bits per heavy atom. The molecule has 0 radical (unpaired) electrons. The highest BCUT2D eigenvalue weighted by atomic mass is 32.1. The van der Waals surface area contributed by atoms with E-state index in [2.05, 4.69) is 19.9 Å². The molecule has 0 spiro atoms. The minimum atomic E-state index is -1.37. The van der Waals surface area contributed by atoms with Crippen LogP contribution < -0.4 is 11.3 Å². The highest BCUT2D eigenvalue weighted by molar-refractivity contribution is 7.71. The second-order valence-electron chi connectivity index (χ2n) is 5.69. The second kappa shape index (κ2) is 5.57. The van der Waals surface area contributed by atoms with Crippen molar-refractivity contribution in [3.63, 3.8) is 0 Å². The van der Waals surface area contributed by atoms with Gasteiger partial charge in [-0.25, -0.2) is 9.97 Å². The van der Waals surface area contributed by atoms with Crippen LogP contribution in [0.3, 0.4) is 0 Å². The molecule has 4 atom stereocenters. The molecule has 7 N–H and O–H groups in total. The normalized spacial score (nSPS) is 26.7. The van der Waals surface area contributed by atoms with Gasteiger partial charge in [0.1, 0.15) is 41.8 Å². The minimum absolute atomic E-state index is 0.0554. The third-order valence-corrected chi connectivity index (χ3v) is 4.47. The van der Waals surface area contributed by atoms with E-state index in [0.717, 1.165) is 0 Å². The number of fused-ring (bicyclic) bond motifs is 3. The summed E-state index contributed by atoms with van der Waals surface area (Å²) in [6, 6.07) is 0. The van der Waals surface area contributed by atoms with Gasteiger partial charge in [-0.05, 0) is 12.2 Å². The Labute approximate surface area is 143 Å². The molecule has 0 bridgehead atoms. The van der Waals surface area contributed by atoms with Gasteiger partial charge in [-0.3, -0.25) is 14.3 Å². The predicted molar refractivity (Wildman–Crippen MR) is 88.3 cm³/mol. The van der Waals surface area contributed by atoms with Gasteiger partial charge in [0, 0.05) is 0 Å². The molecule has 3 aromatic heterocycles. The van der Waals surface area contributed by atoms with Gasteiger partial charge in [0.15, 0.2) is 11.0 Å². The average molecular weight is 366 g/mol. The van der Waals surface area contributed by atoms with Crippen molar-refractivity contribution in [1.82, 2.24) is 24.5 Å². The Morgan fingerprint density at radius 3 is 2.72 bits per heavy atom. The van der Waals surface area contributed by atoms with E-state index < -0.39 is 36.7 Å². The molecule has 0 saturated carbocycles. The summed E-state index contributed by atoms with van der Waals surface area (Å²) < 4.78 is 7.00. The average Bonchev–Trinajstić information content (AvgIpc) is 3.04. The Balaban J connectivity index is 2.11. The number of rotatable bonds is 2. The molecule has 0 aromatic carbocycles. The van der Waals surface area contributed by atoms with Crippen molar-refractivity contribution in [2.24, 2.45) is 0 Å². The number of hydrogen-bond acceptors (Lipinski definition) is 9. The molecule has 4 heterocycles. The van der Waals surface area contributed by atoms with Gasteiger partial charge in [0.25, 0.3) is 5.56 Å². The van der Waals surface area contributed by atoms with Crippen LogP contribution in [0.2, 0.25) is 0 Å². The first-order valence-electron chi connectivity index (χ1n) is 7.33. The largest absolute Gasteiger partial charge is 0.394 e. The van der Waals surface area contributed by atoms with Gasteiger partial charge < -0.3 is 30.8 Å². The van der Waals surface area contributed by atoms with E-state index in [0.29, 0.717) is 0 Å². The Kier molecular flexibility index (Phi) is 3.59. The molecule has 12 heteroatoms. The summed E-state index contributed by atoms with van der Waals surface area (Å²) >= 11 is 5.01. The van der Waals surface area contributed by atoms with Crippen LogP contribution in [-0.4, -0.2) is 64.7 Å². The predicted octanol–water partition coefficient (Wildman–Crippen LogP) is -1.48. The first kappa shape index (κ1) is 16.1. The number of anilines is 1. The molecule has 1 fully saturated rings. The third kappa shape index (κ3) is 2.19. The van der Waals surface area contributed by atoms with Gasteiger partial charge in [-0.15, -0.1) is 0 Å². The lowest BCUT2D eigenvalue weighted by atomic mass is 10.1. The molecule has 3 aromatic rings. The van der Waals surface area contributed by atoms with Gasteiger partial charge in [0.05, 0.1) is 17.4 Å². The van der Waals surface area contributed by atoms with Gasteiger partial charge in [-0.1, -0.05) is 0 Å². The molecular weight excluding hydrogens is 352 g/mol. The van der Waals surface area contributed by atoms with Gasteiger partial charge in [0.2, 0.25) is 0 Å². The van der Waals surface area contributed by atoms with Crippen molar-refractivity contribution < 1.29 is 20.1 Å². The van der Waals surface area contributed by atoms with Crippen LogP contribution in [0.4, 0.5) is 5.82 Å². The Bertz CT molecular complexity index is 1090. The van der Waals surface area contributed by atoms with E-state index in [4.69, 9.17) is 22.7 Å². The van der Waals surface area contributed by atoms with E-state index in [9.17, 15) is 20.1 Å². The van der Waals surface area contributed by atoms with Crippen molar-refractivity contribution in [2.45, 2.75) is 24.5 Å². The molecule has 25 heavy (non-hydrogen) atoms. The number of aliphatic hydroxyl groups is 3. The lowest BCUT2D eigenvalue weighted by molar-refractivity contribution is -0.0492. The van der Waals surface area contributed by atoms with Crippen LogP contribution in [0.5, 0.6) is 0 Å². The number of nitrogens with one attached hydrogen (secondary N) is 2. The highest BCUT2D eigenvalue weighted by Gasteiger charge is 2.44. The summed E-state index contributed by atoms with van der Waals surface area (Å²) in [5.41, 5.74) is 5.84. The highest BCUT2D eigenvalue weighted by Crippen LogP contribution is 2.36. The summed E-state index contributed by atoms with van der Waals surface area (Å²) in [5.74, 6) is 0.0662. The zero-order valence-electron chi connectivity index (χ0n) is 12.6. The number of nitrogens with two attached hydrogens (primary N) is 1. The molecule has 1 aliphatic heterocycles. The number of nitrogen functional groups attached to an aromatic ring is 1. The maximum Gasteiger partial charge on any atom is 0.262 e. The molecule has 1 aliphatic rings. The topological polar surface area (TPSA) is 175 Å². The third-order valence-electron chi connectivity index (χ3n) is 4.27. The number of nitrogens with zero attached hydrogens (tertiary/aromatic N) is 3. The lowest BCUT2D eigenvalue weighted by Crippen LogP contribution is -2.33. The van der Waals surface area contributed by atoms with Crippen molar-refractivity contribution in [2.75, 3.05) is 12.3 Å². The maximum absolute atomic E-state index is 12.4. The maximum atomic E-state index is 12.4. The summed E-state index contributed by atoms with van der Waals surface area (Å²) in [5, 5.41) is 30.1. The van der Waals surface area contributed by atoms with Crippen LogP contribution in [0.15, 0.2) is 11.1 Å². The molecule has 0 unspecified atom stereocenters. The van der Waals surface area contributed by atoms with Crippen molar-refractivity contribution in [1.29, 1.82) is 0 Å². The first-order chi connectivity index (χ1) is 11.9. The molecular formula is C13H14N6O5S. The van der Waals surface area contributed by atoms with Gasteiger partial charge in [-0.2, -0.15) is 0 Å². The molecule has 0 amide bonds. The summed E-state index contributed by atoms with van der Waals surface area (Å²) in [6.45, 7) is -0.487. The van der Waals surface area contributed by atoms with E-state index >= 15 is 0 Å². The second-order valence-corrected chi connectivity index (χ2v) is 6.10. The fourth-order valence-corrected chi connectivity index (χ4v) is 3.34. The number of aromatic amines is 2. The minimum Gasteiger partial charge on any atom is -0.394 e. The smallest absolute Gasteiger partial charge is 0.262 e. The monoisotopic (exact) mass is 366 g/mol. The lowest BCUT2D eigenvalue weighted by Gasteiger charge is -2.18. The quantitative estimate of drug-likeness (QED) is 0.295. The number of hydrogen-bond donors (Lipinski definition) is 6.